The average molecular weight is 324 g/mol. The monoisotopic (exact) mass is 324 g/mol. The number of ether oxygens (including phenoxy) is 1. The number of benzene rings is 1. The molecule has 0 radical (unpaired) electrons. The lowest BCUT2D eigenvalue weighted by atomic mass is 10.3. The minimum absolute atomic E-state index is 0.231. The normalized spacial score (nSPS) is 17.1. The molecule has 1 aliphatic heterocycles. The highest BCUT2D eigenvalue weighted by atomic mass is 16.5. The van der Waals surface area contributed by atoms with Gasteiger partial charge in [-0.1, -0.05) is 18.2 Å². The minimum atomic E-state index is -0.320. The third-order valence-corrected chi connectivity index (χ3v) is 3.85. The topological polar surface area (TPSA) is 86.9 Å². The molecule has 0 unspecified atom stereocenters. The SMILES string of the molecule is O=C(Nc1cnn([C@@H]2CCOC2)c1)c1cnn(-c2ccccc2)n1. The lowest BCUT2D eigenvalue weighted by Crippen LogP contribution is -2.13. The van der Waals surface area contributed by atoms with Gasteiger partial charge in [0.1, 0.15) is 0 Å². The molecule has 2 aromatic heterocycles. The second-order valence-electron chi connectivity index (χ2n) is 5.54. The van der Waals surface area contributed by atoms with Crippen molar-refractivity contribution in [2.45, 2.75) is 12.5 Å². The molecule has 1 saturated heterocycles. The van der Waals surface area contributed by atoms with Crippen molar-refractivity contribution >= 4 is 11.6 Å². The first-order valence-electron chi connectivity index (χ1n) is 7.70. The van der Waals surface area contributed by atoms with Crippen LogP contribution in [0.3, 0.4) is 0 Å². The van der Waals surface area contributed by atoms with Gasteiger partial charge < -0.3 is 10.1 Å². The third kappa shape index (κ3) is 2.91. The van der Waals surface area contributed by atoms with Crippen LogP contribution in [0.1, 0.15) is 23.0 Å². The van der Waals surface area contributed by atoms with Crippen LogP contribution in [0, 0.1) is 0 Å². The van der Waals surface area contributed by atoms with Crippen molar-refractivity contribution in [2.24, 2.45) is 0 Å². The molecule has 8 heteroatoms. The summed E-state index contributed by atoms with van der Waals surface area (Å²) >= 11 is 0. The highest BCUT2D eigenvalue weighted by molar-refractivity contribution is 6.02. The molecule has 1 N–H and O–H groups in total. The Bertz CT molecular complexity index is 835. The van der Waals surface area contributed by atoms with Crippen molar-refractivity contribution in [1.82, 2.24) is 24.8 Å². The summed E-state index contributed by atoms with van der Waals surface area (Å²) in [5, 5.41) is 15.4. The van der Waals surface area contributed by atoms with Crippen LogP contribution in [-0.2, 0) is 4.74 Å². The standard InChI is InChI=1S/C16H16N6O2/c23-16(15-9-18-22(20-15)13-4-2-1-3-5-13)19-12-8-17-21(10-12)14-6-7-24-11-14/h1-5,8-10,14H,6-7,11H2,(H,19,23)/t14-/m1/s1. The second kappa shape index (κ2) is 6.25. The fourth-order valence-electron chi connectivity index (χ4n) is 2.58. The van der Waals surface area contributed by atoms with Crippen LogP contribution in [-0.4, -0.2) is 43.9 Å². The molecule has 8 nitrogen and oxygen atoms in total. The van der Waals surface area contributed by atoms with Gasteiger partial charge in [-0.3, -0.25) is 9.48 Å². The number of hydrogen-bond donors (Lipinski definition) is 1. The molecule has 1 amide bonds. The van der Waals surface area contributed by atoms with E-state index in [2.05, 4.69) is 20.6 Å². The van der Waals surface area contributed by atoms with Gasteiger partial charge in [-0.25, -0.2) is 0 Å². The van der Waals surface area contributed by atoms with Crippen LogP contribution in [0.2, 0.25) is 0 Å². The van der Waals surface area contributed by atoms with E-state index in [1.165, 1.54) is 11.0 Å². The van der Waals surface area contributed by atoms with Gasteiger partial charge in [0.2, 0.25) is 0 Å². The molecule has 1 fully saturated rings. The average Bonchev–Trinajstić information content (AvgIpc) is 3.36. The number of aromatic nitrogens is 5. The maximum Gasteiger partial charge on any atom is 0.277 e. The van der Waals surface area contributed by atoms with Crippen molar-refractivity contribution in [1.29, 1.82) is 0 Å². The summed E-state index contributed by atoms with van der Waals surface area (Å²) < 4.78 is 7.17. The predicted molar refractivity (Wildman–Crippen MR) is 86.0 cm³/mol. The molecular weight excluding hydrogens is 308 g/mol. The predicted octanol–water partition coefficient (Wildman–Crippen LogP) is 1.68. The number of para-hydroxylation sites is 1. The number of nitrogens with one attached hydrogen (secondary N) is 1. The summed E-state index contributed by atoms with van der Waals surface area (Å²) in [4.78, 5) is 13.7. The number of anilines is 1. The van der Waals surface area contributed by atoms with Gasteiger partial charge in [0, 0.05) is 12.8 Å². The number of amides is 1. The first kappa shape index (κ1) is 14.6. The quantitative estimate of drug-likeness (QED) is 0.789. The van der Waals surface area contributed by atoms with E-state index in [0.29, 0.717) is 12.3 Å². The lowest BCUT2D eigenvalue weighted by Gasteiger charge is -2.06. The Balaban J connectivity index is 1.46. The zero-order valence-corrected chi connectivity index (χ0v) is 12.9. The van der Waals surface area contributed by atoms with Crippen molar-refractivity contribution < 1.29 is 9.53 Å². The maximum absolute atomic E-state index is 12.3. The molecule has 24 heavy (non-hydrogen) atoms. The molecule has 122 valence electrons. The maximum atomic E-state index is 12.3. The Morgan fingerprint density at radius 2 is 2.08 bits per heavy atom. The zero-order chi connectivity index (χ0) is 16.4. The van der Waals surface area contributed by atoms with E-state index in [1.807, 2.05) is 35.0 Å². The Kier molecular flexibility index (Phi) is 3.80. The van der Waals surface area contributed by atoms with Crippen LogP contribution >= 0.6 is 0 Å². The van der Waals surface area contributed by atoms with E-state index in [-0.39, 0.29) is 17.6 Å². The van der Waals surface area contributed by atoms with Crippen molar-refractivity contribution in [3.05, 3.63) is 54.6 Å². The molecule has 1 aromatic carbocycles. The van der Waals surface area contributed by atoms with Crippen molar-refractivity contribution in [2.75, 3.05) is 18.5 Å². The first-order valence-corrected chi connectivity index (χ1v) is 7.70. The summed E-state index contributed by atoms with van der Waals surface area (Å²) in [6.45, 7) is 1.40. The first-order chi connectivity index (χ1) is 11.8. The molecular formula is C16H16N6O2. The molecule has 3 aromatic rings. The van der Waals surface area contributed by atoms with Crippen LogP contribution in [0.5, 0.6) is 0 Å². The van der Waals surface area contributed by atoms with Crippen molar-refractivity contribution in [3.63, 3.8) is 0 Å². The van der Waals surface area contributed by atoms with Crippen LogP contribution in [0.4, 0.5) is 5.69 Å². The van der Waals surface area contributed by atoms with Crippen molar-refractivity contribution in [3.8, 4) is 5.69 Å². The summed E-state index contributed by atoms with van der Waals surface area (Å²) in [5.41, 5.74) is 1.67. The highest BCUT2D eigenvalue weighted by Gasteiger charge is 2.19. The molecule has 1 aliphatic rings. The van der Waals surface area contributed by atoms with E-state index >= 15 is 0 Å². The number of nitrogens with zero attached hydrogens (tertiary/aromatic N) is 5. The van der Waals surface area contributed by atoms with Gasteiger partial charge in [-0.2, -0.15) is 15.0 Å². The second-order valence-corrected chi connectivity index (χ2v) is 5.54. The molecule has 3 heterocycles. The number of rotatable bonds is 4. The van der Waals surface area contributed by atoms with Gasteiger partial charge in [-0.15, -0.1) is 5.10 Å². The Hall–Kier alpha value is -3.00. The molecule has 0 saturated carbocycles. The van der Waals surface area contributed by atoms with E-state index in [0.717, 1.165) is 18.7 Å². The Morgan fingerprint density at radius 3 is 2.88 bits per heavy atom. The number of carbonyl (C=O) groups is 1. The Labute approximate surface area is 138 Å². The summed E-state index contributed by atoms with van der Waals surface area (Å²) in [7, 11) is 0. The van der Waals surface area contributed by atoms with Gasteiger partial charge in [-0.05, 0) is 18.6 Å². The lowest BCUT2D eigenvalue weighted by molar-refractivity contribution is 0.102. The molecule has 0 aliphatic carbocycles. The minimum Gasteiger partial charge on any atom is -0.379 e. The fraction of sp³-hybridized carbons (Fsp3) is 0.250. The molecule has 1 atom stereocenters. The molecule has 4 rings (SSSR count). The fourth-order valence-corrected chi connectivity index (χ4v) is 2.58. The van der Waals surface area contributed by atoms with Gasteiger partial charge in [0.15, 0.2) is 5.69 Å². The highest BCUT2D eigenvalue weighted by Crippen LogP contribution is 2.19. The van der Waals surface area contributed by atoms with E-state index in [4.69, 9.17) is 4.74 Å². The smallest absolute Gasteiger partial charge is 0.277 e. The zero-order valence-electron chi connectivity index (χ0n) is 12.9. The largest absolute Gasteiger partial charge is 0.379 e. The third-order valence-electron chi connectivity index (χ3n) is 3.85. The molecule has 0 spiro atoms. The summed E-state index contributed by atoms with van der Waals surface area (Å²) in [5.74, 6) is -0.320. The molecule has 0 bridgehead atoms. The van der Waals surface area contributed by atoms with E-state index < -0.39 is 0 Å². The van der Waals surface area contributed by atoms with Gasteiger partial charge >= 0.3 is 0 Å². The van der Waals surface area contributed by atoms with Crippen LogP contribution in [0.15, 0.2) is 48.9 Å². The van der Waals surface area contributed by atoms with Gasteiger partial charge in [0.05, 0.1) is 36.4 Å². The summed E-state index contributed by atoms with van der Waals surface area (Å²) in [6.07, 6.45) is 5.80. The number of carbonyl (C=O) groups excluding carboxylic acids is 1. The Morgan fingerprint density at radius 1 is 1.21 bits per heavy atom. The van der Waals surface area contributed by atoms with Crippen LogP contribution < -0.4 is 5.32 Å². The number of hydrogen-bond acceptors (Lipinski definition) is 5. The van der Waals surface area contributed by atoms with E-state index in [9.17, 15) is 4.79 Å². The van der Waals surface area contributed by atoms with Crippen LogP contribution in [0.25, 0.3) is 5.69 Å². The summed E-state index contributed by atoms with van der Waals surface area (Å²) in [6, 6.07) is 9.66. The van der Waals surface area contributed by atoms with Gasteiger partial charge in [0.25, 0.3) is 5.91 Å². The van der Waals surface area contributed by atoms with E-state index in [1.54, 1.807) is 12.4 Å².